The minimum Gasteiger partial charge on any atom is -0.0622 e. The Kier molecular flexibility index (Phi) is 3.52. The highest BCUT2D eigenvalue weighted by molar-refractivity contribution is 5.43. The molecule has 25 heavy (non-hydrogen) atoms. The fraction of sp³-hybridized carbons (Fsp3) is 0.280. The highest BCUT2D eigenvalue weighted by Gasteiger charge is 2.46. The van der Waals surface area contributed by atoms with E-state index in [9.17, 15) is 0 Å². The van der Waals surface area contributed by atoms with Crippen molar-refractivity contribution in [1.82, 2.24) is 0 Å². The van der Waals surface area contributed by atoms with Gasteiger partial charge in [0.1, 0.15) is 0 Å². The van der Waals surface area contributed by atoms with Gasteiger partial charge in [-0.1, -0.05) is 78.9 Å². The van der Waals surface area contributed by atoms with Crippen molar-refractivity contribution in [2.45, 2.75) is 38.0 Å². The zero-order valence-electron chi connectivity index (χ0n) is 14.6. The van der Waals surface area contributed by atoms with E-state index in [0.29, 0.717) is 11.3 Å². The maximum absolute atomic E-state index is 2.39. The third-order valence-corrected chi connectivity index (χ3v) is 6.47. The van der Waals surface area contributed by atoms with E-state index < -0.39 is 0 Å². The fourth-order valence-electron chi connectivity index (χ4n) is 5.41. The van der Waals surface area contributed by atoms with Gasteiger partial charge in [-0.2, -0.15) is 0 Å². The van der Waals surface area contributed by atoms with Crippen molar-refractivity contribution >= 4 is 0 Å². The summed E-state index contributed by atoms with van der Waals surface area (Å²) < 4.78 is 0. The van der Waals surface area contributed by atoms with Crippen LogP contribution in [0.25, 0.3) is 0 Å². The van der Waals surface area contributed by atoms with Gasteiger partial charge in [-0.15, -0.1) is 0 Å². The molecule has 3 aromatic carbocycles. The van der Waals surface area contributed by atoms with E-state index in [1.54, 1.807) is 22.3 Å². The second kappa shape index (κ2) is 5.88. The van der Waals surface area contributed by atoms with Gasteiger partial charge >= 0.3 is 0 Å². The maximum Gasteiger partial charge on any atom is -0.00899 e. The molecular formula is C25H24. The normalized spacial score (nSPS) is 20.2. The van der Waals surface area contributed by atoms with Crippen molar-refractivity contribution in [2.75, 3.05) is 0 Å². The lowest BCUT2D eigenvalue weighted by Gasteiger charge is -2.37. The van der Waals surface area contributed by atoms with Crippen molar-refractivity contribution in [3.8, 4) is 0 Å². The zero-order valence-corrected chi connectivity index (χ0v) is 14.6. The van der Waals surface area contributed by atoms with Crippen molar-refractivity contribution in [3.63, 3.8) is 0 Å². The van der Waals surface area contributed by atoms with E-state index in [1.807, 2.05) is 0 Å². The minimum atomic E-state index is 0.331. The first kappa shape index (κ1) is 15.0. The molecule has 0 heterocycles. The highest BCUT2D eigenvalue weighted by atomic mass is 14.5. The Morgan fingerprint density at radius 1 is 0.680 bits per heavy atom. The van der Waals surface area contributed by atoms with Gasteiger partial charge in [0, 0.05) is 0 Å². The fourth-order valence-corrected chi connectivity index (χ4v) is 5.41. The van der Waals surface area contributed by atoms with Crippen molar-refractivity contribution in [2.24, 2.45) is 5.41 Å². The lowest BCUT2D eigenvalue weighted by atomic mass is 9.67. The van der Waals surface area contributed by atoms with Gasteiger partial charge in [0.05, 0.1) is 0 Å². The number of rotatable bonds is 3. The maximum atomic E-state index is 2.39. The molecule has 0 aliphatic heterocycles. The first-order valence-electron chi connectivity index (χ1n) is 9.53. The number of hydrogen-bond acceptors (Lipinski definition) is 0. The molecule has 1 atom stereocenters. The van der Waals surface area contributed by atoms with Crippen LogP contribution in [0.2, 0.25) is 0 Å². The Labute approximate surface area is 150 Å². The number of aryl methyl sites for hydroxylation is 1. The molecule has 5 rings (SSSR count). The average Bonchev–Trinajstić information content (AvgIpc) is 3.24. The number of benzene rings is 3. The third kappa shape index (κ3) is 2.52. The van der Waals surface area contributed by atoms with E-state index in [2.05, 4.69) is 78.9 Å². The third-order valence-electron chi connectivity index (χ3n) is 6.47. The Balaban J connectivity index is 1.59. The van der Waals surface area contributed by atoms with Crippen molar-refractivity contribution in [3.05, 3.63) is 107 Å². The summed E-state index contributed by atoms with van der Waals surface area (Å²) in [5.41, 5.74) is 8.16. The summed E-state index contributed by atoms with van der Waals surface area (Å²) in [6.45, 7) is 0. The molecule has 0 N–H and O–H groups in total. The SMILES string of the molecule is c1ccc(CC2(C3CCc4ccccc43)Cc3ccccc3C2)cc1. The number of hydrogen-bond donors (Lipinski definition) is 0. The van der Waals surface area contributed by atoms with Crippen LogP contribution in [0.5, 0.6) is 0 Å². The summed E-state index contributed by atoms with van der Waals surface area (Å²) in [5.74, 6) is 0.677. The summed E-state index contributed by atoms with van der Waals surface area (Å²) in [5, 5.41) is 0. The molecule has 2 aliphatic rings. The molecule has 0 fully saturated rings. The summed E-state index contributed by atoms with van der Waals surface area (Å²) in [6.07, 6.45) is 6.17. The summed E-state index contributed by atoms with van der Waals surface area (Å²) in [4.78, 5) is 0. The van der Waals surface area contributed by atoms with E-state index >= 15 is 0 Å². The molecular weight excluding hydrogens is 300 g/mol. The molecule has 0 heteroatoms. The Morgan fingerprint density at radius 2 is 1.28 bits per heavy atom. The van der Waals surface area contributed by atoms with Crippen LogP contribution >= 0.6 is 0 Å². The Hall–Kier alpha value is -2.34. The van der Waals surface area contributed by atoms with Gasteiger partial charge in [0.15, 0.2) is 0 Å². The molecule has 0 nitrogen and oxygen atoms in total. The first-order valence-corrected chi connectivity index (χ1v) is 9.53. The molecule has 0 aromatic heterocycles. The quantitative estimate of drug-likeness (QED) is 0.576. The van der Waals surface area contributed by atoms with E-state index in [4.69, 9.17) is 0 Å². The van der Waals surface area contributed by atoms with Crippen LogP contribution < -0.4 is 0 Å². The molecule has 2 aliphatic carbocycles. The molecule has 0 radical (unpaired) electrons. The predicted octanol–water partition coefficient (Wildman–Crippen LogP) is 5.74. The molecule has 0 spiro atoms. The average molecular weight is 324 g/mol. The topological polar surface area (TPSA) is 0 Å². The van der Waals surface area contributed by atoms with Crippen molar-refractivity contribution in [1.29, 1.82) is 0 Å². The van der Waals surface area contributed by atoms with Gasteiger partial charge in [-0.05, 0) is 71.3 Å². The van der Waals surface area contributed by atoms with Crippen LogP contribution in [0.4, 0.5) is 0 Å². The summed E-state index contributed by atoms with van der Waals surface area (Å²) >= 11 is 0. The van der Waals surface area contributed by atoms with Crippen LogP contribution in [-0.4, -0.2) is 0 Å². The van der Waals surface area contributed by atoms with E-state index in [1.165, 1.54) is 37.7 Å². The molecule has 0 saturated heterocycles. The van der Waals surface area contributed by atoms with Gasteiger partial charge in [-0.25, -0.2) is 0 Å². The molecule has 0 amide bonds. The van der Waals surface area contributed by atoms with Gasteiger partial charge in [0.25, 0.3) is 0 Å². The van der Waals surface area contributed by atoms with Crippen LogP contribution in [0.1, 0.15) is 40.2 Å². The van der Waals surface area contributed by atoms with Crippen LogP contribution in [-0.2, 0) is 25.7 Å². The van der Waals surface area contributed by atoms with Crippen LogP contribution in [0.3, 0.4) is 0 Å². The molecule has 0 saturated carbocycles. The predicted molar refractivity (Wildman–Crippen MR) is 104 cm³/mol. The smallest absolute Gasteiger partial charge is 0.00899 e. The molecule has 124 valence electrons. The lowest BCUT2D eigenvalue weighted by Crippen LogP contribution is -2.31. The minimum absolute atomic E-state index is 0.331. The van der Waals surface area contributed by atoms with E-state index in [0.717, 1.165) is 0 Å². The van der Waals surface area contributed by atoms with Crippen molar-refractivity contribution < 1.29 is 0 Å². The second-order valence-corrected chi connectivity index (χ2v) is 7.94. The monoisotopic (exact) mass is 324 g/mol. The molecule has 3 aromatic rings. The standard InChI is InChI=1S/C25H24/c1-2-8-19(9-3-1)16-25(17-21-11-4-5-12-22(21)18-25)24-15-14-20-10-6-7-13-23(20)24/h1-13,24H,14-18H2. The summed E-state index contributed by atoms with van der Waals surface area (Å²) in [6, 6.07) is 29.4. The van der Waals surface area contributed by atoms with Gasteiger partial charge in [0.2, 0.25) is 0 Å². The van der Waals surface area contributed by atoms with Crippen LogP contribution in [0, 0.1) is 5.41 Å². The Morgan fingerprint density at radius 3 is 2.00 bits per heavy atom. The molecule has 0 bridgehead atoms. The van der Waals surface area contributed by atoms with Gasteiger partial charge in [-0.3, -0.25) is 0 Å². The first-order chi connectivity index (χ1) is 12.3. The lowest BCUT2D eigenvalue weighted by molar-refractivity contribution is 0.232. The zero-order chi connectivity index (χ0) is 16.7. The Bertz CT molecular complexity index is 866. The summed E-state index contributed by atoms with van der Waals surface area (Å²) in [7, 11) is 0. The van der Waals surface area contributed by atoms with Crippen LogP contribution in [0.15, 0.2) is 78.9 Å². The molecule has 1 unspecified atom stereocenters. The largest absolute Gasteiger partial charge is 0.0622 e. The number of fused-ring (bicyclic) bond motifs is 2. The van der Waals surface area contributed by atoms with E-state index in [-0.39, 0.29) is 0 Å². The van der Waals surface area contributed by atoms with Gasteiger partial charge < -0.3 is 0 Å². The highest BCUT2D eigenvalue weighted by Crippen LogP contribution is 2.54. The second-order valence-electron chi connectivity index (χ2n) is 7.94.